The van der Waals surface area contributed by atoms with Crippen LogP contribution in [0.4, 0.5) is 10.1 Å². The number of ether oxygens (including phenoxy) is 1. The summed E-state index contributed by atoms with van der Waals surface area (Å²) >= 11 is 3.28. The van der Waals surface area contributed by atoms with Gasteiger partial charge in [-0.3, -0.25) is 0 Å². The molecule has 3 unspecified atom stereocenters. The quantitative estimate of drug-likeness (QED) is 0.878. The van der Waals surface area contributed by atoms with Crippen LogP contribution >= 0.6 is 15.9 Å². The Labute approximate surface area is 121 Å². The van der Waals surface area contributed by atoms with Crippen LogP contribution < -0.4 is 5.32 Å². The Morgan fingerprint density at radius 3 is 2.95 bits per heavy atom. The number of fused-ring (bicyclic) bond motifs is 1. The Morgan fingerprint density at radius 2 is 2.21 bits per heavy atom. The van der Waals surface area contributed by atoms with Crippen molar-refractivity contribution in [1.82, 2.24) is 0 Å². The second-order valence-corrected chi connectivity index (χ2v) is 7.08. The molecule has 1 N–H and O–H groups in total. The second kappa shape index (κ2) is 4.74. The maximum Gasteiger partial charge on any atom is 0.147 e. The van der Waals surface area contributed by atoms with Crippen LogP contribution in [0.2, 0.25) is 0 Å². The lowest BCUT2D eigenvalue weighted by molar-refractivity contribution is -0.177. The Hall–Kier alpha value is -0.610. The van der Waals surface area contributed by atoms with E-state index in [0.29, 0.717) is 17.7 Å². The molecule has 0 aromatic heterocycles. The first-order valence-corrected chi connectivity index (χ1v) is 7.62. The predicted octanol–water partition coefficient (Wildman–Crippen LogP) is 4.20. The lowest BCUT2D eigenvalue weighted by atomic mass is 9.55. The van der Waals surface area contributed by atoms with Crippen LogP contribution in [0, 0.1) is 17.2 Å². The molecule has 1 saturated heterocycles. The second-order valence-electron chi connectivity index (χ2n) is 6.17. The molecule has 2 nitrogen and oxygen atoms in total. The van der Waals surface area contributed by atoms with Crippen molar-refractivity contribution in [3.8, 4) is 0 Å². The Balaban J connectivity index is 1.79. The zero-order valence-corrected chi connectivity index (χ0v) is 12.8. The highest BCUT2D eigenvalue weighted by atomic mass is 79.9. The lowest BCUT2D eigenvalue weighted by Crippen LogP contribution is -2.67. The third kappa shape index (κ3) is 2.19. The maximum absolute atomic E-state index is 13.9. The molecular formula is C15H19BrFNO. The van der Waals surface area contributed by atoms with E-state index in [1.807, 2.05) is 6.07 Å². The van der Waals surface area contributed by atoms with E-state index >= 15 is 0 Å². The summed E-state index contributed by atoms with van der Waals surface area (Å²) in [5.74, 6) is 0.303. The fraction of sp³-hybridized carbons (Fsp3) is 0.600. The molecule has 1 saturated carbocycles. The number of rotatable bonds is 2. The first-order valence-electron chi connectivity index (χ1n) is 6.83. The first kappa shape index (κ1) is 13.4. The smallest absolute Gasteiger partial charge is 0.147 e. The molecule has 1 aromatic carbocycles. The van der Waals surface area contributed by atoms with Gasteiger partial charge in [0.2, 0.25) is 0 Å². The van der Waals surface area contributed by atoms with Gasteiger partial charge in [-0.1, -0.05) is 29.8 Å². The van der Waals surface area contributed by atoms with Gasteiger partial charge in [0.25, 0.3) is 0 Å². The number of hydrogen-bond donors (Lipinski definition) is 1. The van der Waals surface area contributed by atoms with Gasteiger partial charge in [-0.2, -0.15) is 0 Å². The van der Waals surface area contributed by atoms with E-state index in [9.17, 15) is 4.39 Å². The third-order valence-electron chi connectivity index (χ3n) is 4.57. The summed E-state index contributed by atoms with van der Waals surface area (Å²) in [6.45, 7) is 5.27. The number of halogens is 2. The zero-order valence-electron chi connectivity index (χ0n) is 11.2. The van der Waals surface area contributed by atoms with E-state index < -0.39 is 0 Å². The van der Waals surface area contributed by atoms with Crippen LogP contribution in [0.25, 0.3) is 0 Å². The number of nitrogens with one attached hydrogen (secondary N) is 1. The van der Waals surface area contributed by atoms with Crippen molar-refractivity contribution < 1.29 is 9.13 Å². The van der Waals surface area contributed by atoms with E-state index in [0.717, 1.165) is 17.5 Å². The standard InChI is InChI=1S/C15H19BrFNO/c1-15(2)13(10-4-3-7-19-14(10)15)18-12-6-5-9(16)8-11(12)17/h5-6,8,10,13-14,18H,3-4,7H2,1-2H3. The molecule has 4 heteroatoms. The summed E-state index contributed by atoms with van der Waals surface area (Å²) < 4.78 is 20.6. The van der Waals surface area contributed by atoms with Crippen LogP contribution in [0.15, 0.2) is 22.7 Å². The normalized spacial score (nSPS) is 32.3. The molecule has 0 radical (unpaired) electrons. The van der Waals surface area contributed by atoms with Crippen LogP contribution in [0.3, 0.4) is 0 Å². The highest BCUT2D eigenvalue weighted by Gasteiger charge is 2.57. The number of benzene rings is 1. The summed E-state index contributed by atoms with van der Waals surface area (Å²) in [4.78, 5) is 0. The van der Waals surface area contributed by atoms with Gasteiger partial charge in [0, 0.05) is 28.5 Å². The van der Waals surface area contributed by atoms with Gasteiger partial charge >= 0.3 is 0 Å². The molecule has 0 bridgehead atoms. The van der Waals surface area contributed by atoms with Gasteiger partial charge in [0.15, 0.2) is 0 Å². The van der Waals surface area contributed by atoms with Crippen molar-refractivity contribution in [3.63, 3.8) is 0 Å². The maximum atomic E-state index is 13.9. The highest BCUT2D eigenvalue weighted by Crippen LogP contribution is 2.52. The fourth-order valence-electron chi connectivity index (χ4n) is 3.59. The molecule has 1 heterocycles. The molecule has 1 aliphatic heterocycles. The minimum absolute atomic E-state index is 0.0601. The van der Waals surface area contributed by atoms with Crippen molar-refractivity contribution >= 4 is 21.6 Å². The number of hydrogen-bond acceptors (Lipinski definition) is 2. The fourth-order valence-corrected chi connectivity index (χ4v) is 3.92. The summed E-state index contributed by atoms with van der Waals surface area (Å²) in [6.07, 6.45) is 2.60. The molecule has 0 spiro atoms. The van der Waals surface area contributed by atoms with Gasteiger partial charge in [-0.25, -0.2) is 4.39 Å². The molecular weight excluding hydrogens is 309 g/mol. The van der Waals surface area contributed by atoms with Crippen LogP contribution in [0.1, 0.15) is 26.7 Å². The average molecular weight is 328 g/mol. The van der Waals surface area contributed by atoms with Crippen LogP contribution in [-0.2, 0) is 4.74 Å². The van der Waals surface area contributed by atoms with Gasteiger partial charge in [0.05, 0.1) is 11.8 Å². The summed E-state index contributed by atoms with van der Waals surface area (Å²) in [5, 5.41) is 3.39. The van der Waals surface area contributed by atoms with Crippen LogP contribution in [-0.4, -0.2) is 18.8 Å². The molecule has 2 fully saturated rings. The van der Waals surface area contributed by atoms with Gasteiger partial charge in [0.1, 0.15) is 5.82 Å². The minimum Gasteiger partial charge on any atom is -0.379 e. The van der Waals surface area contributed by atoms with Crippen molar-refractivity contribution in [2.24, 2.45) is 11.3 Å². The van der Waals surface area contributed by atoms with E-state index in [4.69, 9.17) is 4.74 Å². The first-order chi connectivity index (χ1) is 9.00. The zero-order chi connectivity index (χ0) is 13.6. The van der Waals surface area contributed by atoms with Crippen LogP contribution in [0.5, 0.6) is 0 Å². The van der Waals surface area contributed by atoms with Crippen molar-refractivity contribution in [1.29, 1.82) is 0 Å². The molecule has 3 rings (SSSR count). The largest absolute Gasteiger partial charge is 0.379 e. The number of anilines is 1. The summed E-state index contributed by atoms with van der Waals surface area (Å²) in [7, 11) is 0. The monoisotopic (exact) mass is 327 g/mol. The SMILES string of the molecule is CC1(C)C(Nc2ccc(Br)cc2F)C2CCCOC21. The van der Waals surface area contributed by atoms with E-state index in [-0.39, 0.29) is 17.3 Å². The molecule has 104 valence electrons. The topological polar surface area (TPSA) is 21.3 Å². The Kier molecular flexibility index (Phi) is 3.34. The Morgan fingerprint density at radius 1 is 1.42 bits per heavy atom. The van der Waals surface area contributed by atoms with E-state index in [1.165, 1.54) is 12.5 Å². The summed E-state index contributed by atoms with van der Waals surface area (Å²) in [6, 6.07) is 5.45. The molecule has 2 aliphatic rings. The third-order valence-corrected chi connectivity index (χ3v) is 5.07. The molecule has 1 aliphatic carbocycles. The van der Waals surface area contributed by atoms with Gasteiger partial charge < -0.3 is 10.1 Å². The van der Waals surface area contributed by atoms with Crippen molar-refractivity contribution in [3.05, 3.63) is 28.5 Å². The van der Waals surface area contributed by atoms with Gasteiger partial charge in [-0.05, 0) is 31.0 Å². The molecule has 19 heavy (non-hydrogen) atoms. The Bertz CT molecular complexity index is 491. The average Bonchev–Trinajstić information content (AvgIpc) is 2.37. The summed E-state index contributed by atoms with van der Waals surface area (Å²) in [5.41, 5.74) is 0.648. The predicted molar refractivity (Wildman–Crippen MR) is 77.8 cm³/mol. The van der Waals surface area contributed by atoms with E-state index in [1.54, 1.807) is 6.07 Å². The minimum atomic E-state index is -0.203. The highest BCUT2D eigenvalue weighted by molar-refractivity contribution is 9.10. The van der Waals surface area contributed by atoms with Gasteiger partial charge in [-0.15, -0.1) is 0 Å². The molecule has 1 aromatic rings. The van der Waals surface area contributed by atoms with Crippen molar-refractivity contribution in [2.45, 2.75) is 38.8 Å². The van der Waals surface area contributed by atoms with E-state index in [2.05, 4.69) is 35.1 Å². The van der Waals surface area contributed by atoms with Crippen molar-refractivity contribution in [2.75, 3.05) is 11.9 Å². The lowest BCUT2D eigenvalue weighted by Gasteiger charge is -2.60. The molecule has 0 amide bonds. The molecule has 3 atom stereocenters.